The van der Waals surface area contributed by atoms with Gasteiger partial charge in [-0.3, -0.25) is 0 Å². The predicted octanol–water partition coefficient (Wildman–Crippen LogP) is 4.99. The van der Waals surface area contributed by atoms with Gasteiger partial charge < -0.3 is 5.11 Å². The number of hydrogen-bond acceptors (Lipinski definition) is 3. The topological polar surface area (TPSA) is 68.0 Å². The van der Waals surface area contributed by atoms with E-state index in [-0.39, 0.29) is 0 Å². The first-order chi connectivity index (χ1) is 12.6. The van der Waals surface area contributed by atoms with Gasteiger partial charge in [0.25, 0.3) is 0 Å². The Morgan fingerprint density at radius 2 is 1.96 bits per heavy atom. The molecule has 1 N–H and O–H groups in total. The standard InChI is InChI=1S/C20H20ClN3O2/c1-2-14-11-16(20(25)26)17-18(12-5-3-4-6-12)23-24(19(17)22-14)15-9-7-13(21)8-10-15/h7-12H,2-6H2,1H3,(H,25,26). The Bertz CT molecular complexity index is 973. The summed E-state index contributed by atoms with van der Waals surface area (Å²) >= 11 is 6.02. The Balaban J connectivity index is 2.03. The number of aryl methyl sites for hydroxylation is 1. The van der Waals surface area contributed by atoms with Crippen LogP contribution in [0.25, 0.3) is 16.7 Å². The number of pyridine rings is 1. The molecule has 0 amide bonds. The van der Waals surface area contributed by atoms with Crippen molar-refractivity contribution in [1.82, 2.24) is 14.8 Å². The van der Waals surface area contributed by atoms with Crippen molar-refractivity contribution in [2.75, 3.05) is 0 Å². The Kier molecular flexibility index (Phi) is 4.41. The number of carboxylic acid groups (broad SMARTS) is 1. The molecule has 1 aliphatic carbocycles. The minimum absolute atomic E-state index is 0.290. The molecule has 1 aromatic carbocycles. The number of aromatic nitrogens is 3. The number of halogens is 1. The third kappa shape index (κ3) is 2.86. The fraction of sp³-hybridized carbons (Fsp3) is 0.350. The molecule has 0 atom stereocenters. The monoisotopic (exact) mass is 369 g/mol. The van der Waals surface area contributed by atoms with Crippen molar-refractivity contribution in [3.63, 3.8) is 0 Å². The van der Waals surface area contributed by atoms with E-state index < -0.39 is 5.97 Å². The SMILES string of the molecule is CCc1cc(C(=O)O)c2c(C3CCCC3)nn(-c3ccc(Cl)cc3)c2n1. The van der Waals surface area contributed by atoms with Crippen LogP contribution in [0.4, 0.5) is 0 Å². The first kappa shape index (κ1) is 17.0. The van der Waals surface area contributed by atoms with Crippen LogP contribution >= 0.6 is 11.6 Å². The van der Waals surface area contributed by atoms with Crippen LogP contribution in [0.2, 0.25) is 5.02 Å². The first-order valence-corrected chi connectivity index (χ1v) is 9.38. The summed E-state index contributed by atoms with van der Waals surface area (Å²) in [6.07, 6.45) is 5.06. The molecule has 0 saturated heterocycles. The van der Waals surface area contributed by atoms with Gasteiger partial charge in [0.05, 0.1) is 22.3 Å². The van der Waals surface area contributed by atoms with Crippen LogP contribution in [0.1, 0.15) is 60.3 Å². The second kappa shape index (κ2) is 6.72. The van der Waals surface area contributed by atoms with E-state index in [0.717, 1.165) is 42.8 Å². The molecule has 26 heavy (non-hydrogen) atoms. The molecular formula is C20H20ClN3O2. The third-order valence-electron chi connectivity index (χ3n) is 5.12. The van der Waals surface area contributed by atoms with E-state index in [4.69, 9.17) is 21.7 Å². The van der Waals surface area contributed by atoms with Crippen LogP contribution in [0, 0.1) is 0 Å². The molecule has 0 bridgehead atoms. The minimum atomic E-state index is -0.929. The highest BCUT2D eigenvalue weighted by Gasteiger charge is 2.28. The molecule has 0 aliphatic heterocycles. The second-order valence-electron chi connectivity index (χ2n) is 6.77. The number of aromatic carboxylic acids is 1. The van der Waals surface area contributed by atoms with E-state index in [1.165, 1.54) is 0 Å². The van der Waals surface area contributed by atoms with Crippen LogP contribution in [0.15, 0.2) is 30.3 Å². The predicted molar refractivity (Wildman–Crippen MR) is 101 cm³/mol. The maximum atomic E-state index is 12.0. The molecule has 1 aliphatic rings. The van der Waals surface area contributed by atoms with E-state index in [2.05, 4.69) is 0 Å². The molecule has 1 saturated carbocycles. The van der Waals surface area contributed by atoms with Gasteiger partial charge in [0.2, 0.25) is 0 Å². The van der Waals surface area contributed by atoms with Gasteiger partial charge >= 0.3 is 5.97 Å². The fourth-order valence-corrected chi connectivity index (χ4v) is 3.92. The minimum Gasteiger partial charge on any atom is -0.478 e. The van der Waals surface area contributed by atoms with E-state index in [1.54, 1.807) is 22.9 Å². The van der Waals surface area contributed by atoms with Crippen LogP contribution in [0.3, 0.4) is 0 Å². The quantitative estimate of drug-likeness (QED) is 0.703. The van der Waals surface area contributed by atoms with Gasteiger partial charge in [-0.2, -0.15) is 5.10 Å². The van der Waals surface area contributed by atoms with Crippen molar-refractivity contribution in [2.24, 2.45) is 0 Å². The number of carbonyl (C=O) groups is 1. The highest BCUT2D eigenvalue weighted by Crippen LogP contribution is 2.38. The van der Waals surface area contributed by atoms with Crippen LogP contribution in [-0.4, -0.2) is 25.8 Å². The molecule has 2 heterocycles. The smallest absolute Gasteiger partial charge is 0.336 e. The number of hydrogen-bond donors (Lipinski definition) is 1. The Hall–Kier alpha value is -2.40. The van der Waals surface area contributed by atoms with Gasteiger partial charge in [-0.1, -0.05) is 31.4 Å². The summed E-state index contributed by atoms with van der Waals surface area (Å²) in [5.41, 5.74) is 3.36. The van der Waals surface area contributed by atoms with Crippen molar-refractivity contribution < 1.29 is 9.90 Å². The maximum absolute atomic E-state index is 12.0. The van der Waals surface area contributed by atoms with Crippen molar-refractivity contribution in [2.45, 2.75) is 44.9 Å². The van der Waals surface area contributed by atoms with E-state index in [1.807, 2.05) is 19.1 Å². The lowest BCUT2D eigenvalue weighted by Crippen LogP contribution is -2.04. The third-order valence-corrected chi connectivity index (χ3v) is 5.38. The number of carboxylic acids is 1. The van der Waals surface area contributed by atoms with Gasteiger partial charge in [0.1, 0.15) is 0 Å². The highest BCUT2D eigenvalue weighted by atomic mass is 35.5. The molecule has 4 rings (SSSR count). The maximum Gasteiger partial charge on any atom is 0.336 e. The van der Waals surface area contributed by atoms with Crippen LogP contribution in [0.5, 0.6) is 0 Å². The second-order valence-corrected chi connectivity index (χ2v) is 7.21. The van der Waals surface area contributed by atoms with Gasteiger partial charge in [-0.05, 0) is 49.6 Å². The summed E-state index contributed by atoms with van der Waals surface area (Å²) in [6, 6.07) is 9.07. The van der Waals surface area contributed by atoms with Gasteiger partial charge in [0, 0.05) is 16.6 Å². The highest BCUT2D eigenvalue weighted by molar-refractivity contribution is 6.30. The van der Waals surface area contributed by atoms with Crippen molar-refractivity contribution in [1.29, 1.82) is 0 Å². The molecule has 3 aromatic rings. The number of benzene rings is 1. The largest absolute Gasteiger partial charge is 0.478 e. The zero-order valence-electron chi connectivity index (χ0n) is 14.6. The van der Waals surface area contributed by atoms with Crippen molar-refractivity contribution in [3.05, 3.63) is 52.3 Å². The molecule has 5 nitrogen and oxygen atoms in total. The summed E-state index contributed by atoms with van der Waals surface area (Å²) in [5.74, 6) is -0.638. The first-order valence-electron chi connectivity index (χ1n) is 9.00. The van der Waals surface area contributed by atoms with Crippen LogP contribution < -0.4 is 0 Å². The molecule has 6 heteroatoms. The lowest BCUT2D eigenvalue weighted by molar-refractivity contribution is 0.0698. The normalized spacial score (nSPS) is 15.0. The zero-order chi connectivity index (χ0) is 18.3. The number of fused-ring (bicyclic) bond motifs is 1. The molecular weight excluding hydrogens is 350 g/mol. The molecule has 2 aromatic heterocycles. The zero-order valence-corrected chi connectivity index (χ0v) is 15.3. The number of nitrogens with zero attached hydrogens (tertiary/aromatic N) is 3. The molecule has 1 fully saturated rings. The molecule has 0 unspecified atom stereocenters. The van der Waals surface area contributed by atoms with E-state index in [0.29, 0.717) is 34.0 Å². The van der Waals surface area contributed by atoms with Crippen molar-refractivity contribution in [3.8, 4) is 5.69 Å². The fourth-order valence-electron chi connectivity index (χ4n) is 3.79. The molecule has 0 spiro atoms. The van der Waals surface area contributed by atoms with E-state index in [9.17, 15) is 9.90 Å². The Labute approximate surface area is 156 Å². The van der Waals surface area contributed by atoms with Crippen molar-refractivity contribution >= 4 is 28.6 Å². The van der Waals surface area contributed by atoms with E-state index >= 15 is 0 Å². The summed E-state index contributed by atoms with van der Waals surface area (Å²) in [5, 5.41) is 16.0. The molecule has 134 valence electrons. The molecule has 0 radical (unpaired) electrons. The average Bonchev–Trinajstić information content (AvgIpc) is 3.29. The number of rotatable bonds is 4. The van der Waals surface area contributed by atoms with Crippen LogP contribution in [-0.2, 0) is 6.42 Å². The summed E-state index contributed by atoms with van der Waals surface area (Å²) < 4.78 is 1.77. The van der Waals surface area contributed by atoms with Gasteiger partial charge in [0.15, 0.2) is 5.65 Å². The summed E-state index contributed by atoms with van der Waals surface area (Å²) in [7, 11) is 0. The Morgan fingerprint density at radius 3 is 2.58 bits per heavy atom. The lowest BCUT2D eigenvalue weighted by Gasteiger charge is -2.07. The lowest BCUT2D eigenvalue weighted by atomic mass is 9.98. The van der Waals surface area contributed by atoms with Gasteiger partial charge in [-0.25, -0.2) is 14.5 Å². The van der Waals surface area contributed by atoms with Gasteiger partial charge in [-0.15, -0.1) is 0 Å². The summed E-state index contributed by atoms with van der Waals surface area (Å²) in [4.78, 5) is 16.7. The summed E-state index contributed by atoms with van der Waals surface area (Å²) in [6.45, 7) is 1.97. The Morgan fingerprint density at radius 1 is 1.27 bits per heavy atom. The average molecular weight is 370 g/mol.